The summed E-state index contributed by atoms with van der Waals surface area (Å²) in [5, 5.41) is 5.93. The maximum Gasteiger partial charge on any atom is 0.0468 e. The molecular weight excluding hydrogens is 264 g/mol. The molecule has 2 unspecified atom stereocenters. The van der Waals surface area contributed by atoms with Gasteiger partial charge in [0.2, 0.25) is 0 Å². The monoisotopic (exact) mass is 294 g/mol. The summed E-state index contributed by atoms with van der Waals surface area (Å²) in [6.45, 7) is 16.3. The lowest BCUT2D eigenvalue weighted by Gasteiger charge is -2.50. The van der Waals surface area contributed by atoms with Gasteiger partial charge >= 0.3 is 0 Å². The smallest absolute Gasteiger partial charge is 0.0468 e. The third kappa shape index (κ3) is 3.44. The summed E-state index contributed by atoms with van der Waals surface area (Å²) in [5.74, 6) is 1.32. The molecule has 2 nitrogen and oxygen atoms in total. The Labute approximate surface area is 128 Å². The summed E-state index contributed by atoms with van der Waals surface area (Å²) in [6.07, 6.45) is 0. The first-order valence-electron chi connectivity index (χ1n) is 7.86. The van der Waals surface area contributed by atoms with Crippen LogP contribution in [0, 0.1) is 11.8 Å². The molecule has 20 heavy (non-hydrogen) atoms. The number of rotatable bonds is 4. The molecule has 1 aliphatic heterocycles. The van der Waals surface area contributed by atoms with Crippen molar-refractivity contribution >= 4 is 11.3 Å². The SMILES string of the molecule is CC(C)C1CNC(C)(C)CN1C(c1cccs1)C(C)C. The molecule has 1 saturated heterocycles. The van der Waals surface area contributed by atoms with E-state index in [0.717, 1.165) is 13.1 Å². The lowest BCUT2D eigenvalue weighted by Crippen LogP contribution is -2.63. The Bertz CT molecular complexity index is 409. The summed E-state index contributed by atoms with van der Waals surface area (Å²) >= 11 is 1.90. The topological polar surface area (TPSA) is 15.3 Å². The summed E-state index contributed by atoms with van der Waals surface area (Å²) in [7, 11) is 0. The zero-order valence-electron chi connectivity index (χ0n) is 13.8. The van der Waals surface area contributed by atoms with Crippen LogP contribution < -0.4 is 5.32 Å². The van der Waals surface area contributed by atoms with Crippen molar-refractivity contribution in [3.05, 3.63) is 22.4 Å². The largest absolute Gasteiger partial charge is 0.309 e. The average Bonchev–Trinajstić information content (AvgIpc) is 2.80. The van der Waals surface area contributed by atoms with E-state index in [4.69, 9.17) is 0 Å². The maximum atomic E-state index is 3.72. The van der Waals surface area contributed by atoms with Crippen molar-refractivity contribution in [3.8, 4) is 0 Å². The molecule has 0 bridgehead atoms. The van der Waals surface area contributed by atoms with Crippen LogP contribution in [-0.2, 0) is 0 Å². The molecule has 1 aromatic rings. The molecule has 0 amide bonds. The predicted octanol–water partition coefficient (Wildman–Crippen LogP) is 4.15. The Hall–Kier alpha value is -0.380. The maximum absolute atomic E-state index is 3.72. The molecule has 0 spiro atoms. The van der Waals surface area contributed by atoms with Crippen molar-refractivity contribution in [2.24, 2.45) is 11.8 Å². The van der Waals surface area contributed by atoms with Gasteiger partial charge in [0.05, 0.1) is 0 Å². The van der Waals surface area contributed by atoms with Gasteiger partial charge < -0.3 is 5.32 Å². The van der Waals surface area contributed by atoms with E-state index < -0.39 is 0 Å². The van der Waals surface area contributed by atoms with Gasteiger partial charge in [-0.25, -0.2) is 0 Å². The van der Waals surface area contributed by atoms with Gasteiger partial charge in [-0.15, -0.1) is 11.3 Å². The van der Waals surface area contributed by atoms with E-state index in [1.807, 2.05) is 11.3 Å². The number of thiophene rings is 1. The first-order chi connectivity index (χ1) is 9.32. The van der Waals surface area contributed by atoms with E-state index in [-0.39, 0.29) is 5.54 Å². The predicted molar refractivity (Wildman–Crippen MR) is 89.3 cm³/mol. The molecule has 0 radical (unpaired) electrons. The lowest BCUT2D eigenvalue weighted by molar-refractivity contribution is 0.0151. The fraction of sp³-hybridized carbons (Fsp3) is 0.765. The molecule has 3 heteroatoms. The van der Waals surface area contributed by atoms with Crippen LogP contribution in [0.1, 0.15) is 52.5 Å². The second kappa shape index (κ2) is 6.17. The van der Waals surface area contributed by atoms with Crippen molar-refractivity contribution in [1.82, 2.24) is 10.2 Å². The highest BCUT2D eigenvalue weighted by molar-refractivity contribution is 7.10. The van der Waals surface area contributed by atoms with Gasteiger partial charge in [-0.1, -0.05) is 33.8 Å². The Morgan fingerprint density at radius 2 is 2.00 bits per heavy atom. The van der Waals surface area contributed by atoms with Crippen LogP contribution in [0.15, 0.2) is 17.5 Å². The van der Waals surface area contributed by atoms with E-state index >= 15 is 0 Å². The summed E-state index contributed by atoms with van der Waals surface area (Å²) in [6, 6.07) is 5.66. The molecule has 2 atom stereocenters. The first-order valence-corrected chi connectivity index (χ1v) is 8.74. The van der Waals surface area contributed by atoms with Crippen molar-refractivity contribution in [1.29, 1.82) is 0 Å². The number of piperazine rings is 1. The zero-order valence-corrected chi connectivity index (χ0v) is 14.6. The highest BCUT2D eigenvalue weighted by Crippen LogP contribution is 2.37. The van der Waals surface area contributed by atoms with E-state index in [2.05, 4.69) is 69.3 Å². The highest BCUT2D eigenvalue weighted by atomic mass is 32.1. The van der Waals surface area contributed by atoms with Crippen LogP contribution in [0.3, 0.4) is 0 Å². The van der Waals surface area contributed by atoms with Gasteiger partial charge in [-0.2, -0.15) is 0 Å². The number of hydrogen-bond donors (Lipinski definition) is 1. The standard InChI is InChI=1S/C17H30N2S/c1-12(2)14-10-18-17(5,6)11-19(14)16(13(3)4)15-8-7-9-20-15/h7-9,12-14,16,18H,10-11H2,1-6H3. The Kier molecular flexibility index (Phi) is 4.93. The molecule has 1 N–H and O–H groups in total. The molecule has 2 rings (SSSR count). The first kappa shape index (κ1) is 16.0. The fourth-order valence-corrected chi connectivity index (χ4v) is 4.40. The van der Waals surface area contributed by atoms with Gasteiger partial charge in [0.25, 0.3) is 0 Å². The highest BCUT2D eigenvalue weighted by Gasteiger charge is 2.39. The zero-order chi connectivity index (χ0) is 14.9. The van der Waals surface area contributed by atoms with Crippen LogP contribution >= 0.6 is 11.3 Å². The molecule has 1 aromatic heterocycles. The Morgan fingerprint density at radius 3 is 2.50 bits per heavy atom. The molecule has 0 saturated carbocycles. The summed E-state index contributed by atoms with van der Waals surface area (Å²) < 4.78 is 0. The molecule has 1 fully saturated rings. The van der Waals surface area contributed by atoms with Crippen LogP contribution in [-0.4, -0.2) is 29.6 Å². The van der Waals surface area contributed by atoms with Gasteiger partial charge in [-0.05, 0) is 37.1 Å². The Morgan fingerprint density at radius 1 is 1.30 bits per heavy atom. The summed E-state index contributed by atoms with van der Waals surface area (Å²) in [5.41, 5.74) is 0.204. The van der Waals surface area contributed by atoms with Crippen LogP contribution in [0.25, 0.3) is 0 Å². The normalized spacial score (nSPS) is 25.3. The average molecular weight is 295 g/mol. The number of nitrogens with zero attached hydrogens (tertiary/aromatic N) is 1. The van der Waals surface area contributed by atoms with Gasteiger partial charge in [0.1, 0.15) is 0 Å². The quantitative estimate of drug-likeness (QED) is 0.897. The minimum atomic E-state index is 0.204. The second-order valence-corrected chi connectivity index (χ2v) is 8.43. The van der Waals surface area contributed by atoms with Crippen molar-refractivity contribution in [3.63, 3.8) is 0 Å². The summed E-state index contributed by atoms with van der Waals surface area (Å²) in [4.78, 5) is 4.28. The second-order valence-electron chi connectivity index (χ2n) is 7.45. The van der Waals surface area contributed by atoms with E-state index in [0.29, 0.717) is 23.9 Å². The third-order valence-corrected chi connectivity index (χ3v) is 5.33. The van der Waals surface area contributed by atoms with Crippen molar-refractivity contribution in [2.75, 3.05) is 13.1 Å². The van der Waals surface area contributed by atoms with Crippen molar-refractivity contribution < 1.29 is 0 Å². The number of hydrogen-bond acceptors (Lipinski definition) is 3. The third-order valence-electron chi connectivity index (χ3n) is 4.39. The van der Waals surface area contributed by atoms with Gasteiger partial charge in [0.15, 0.2) is 0 Å². The Balaban J connectivity index is 2.31. The van der Waals surface area contributed by atoms with Crippen LogP contribution in [0.2, 0.25) is 0 Å². The molecule has 0 aromatic carbocycles. The van der Waals surface area contributed by atoms with Crippen molar-refractivity contribution in [2.45, 2.75) is 59.2 Å². The fourth-order valence-electron chi connectivity index (χ4n) is 3.39. The molecule has 2 heterocycles. The minimum Gasteiger partial charge on any atom is -0.309 e. The molecule has 0 aliphatic carbocycles. The van der Waals surface area contributed by atoms with Crippen LogP contribution in [0.4, 0.5) is 0 Å². The molecule has 1 aliphatic rings. The van der Waals surface area contributed by atoms with Gasteiger partial charge in [0, 0.05) is 35.6 Å². The molecule has 114 valence electrons. The molecular formula is C17H30N2S. The van der Waals surface area contributed by atoms with E-state index in [1.165, 1.54) is 4.88 Å². The lowest BCUT2D eigenvalue weighted by atomic mass is 9.88. The van der Waals surface area contributed by atoms with Gasteiger partial charge in [-0.3, -0.25) is 4.90 Å². The van der Waals surface area contributed by atoms with Crippen LogP contribution in [0.5, 0.6) is 0 Å². The van der Waals surface area contributed by atoms with E-state index in [9.17, 15) is 0 Å². The number of nitrogens with one attached hydrogen (secondary N) is 1. The van der Waals surface area contributed by atoms with E-state index in [1.54, 1.807) is 0 Å². The minimum absolute atomic E-state index is 0.204.